The zero-order valence-electron chi connectivity index (χ0n) is 16.0. The van der Waals surface area contributed by atoms with E-state index in [1.54, 1.807) is 12.1 Å². The molecule has 0 spiro atoms. The lowest BCUT2D eigenvalue weighted by molar-refractivity contribution is -0.143. The Labute approximate surface area is 171 Å². The molecule has 2 N–H and O–H groups in total. The summed E-state index contributed by atoms with van der Waals surface area (Å²) in [6.07, 6.45) is -0.0814. The fraction of sp³-hybridized carbons (Fsp3) is 0.238. The minimum Gasteiger partial charge on any atom is -0.507 e. The van der Waals surface area contributed by atoms with Crippen molar-refractivity contribution >= 4 is 39.7 Å². The Balaban J connectivity index is 1.60. The first-order chi connectivity index (χ1) is 13.9. The maximum atomic E-state index is 12.2. The second-order valence-electron chi connectivity index (χ2n) is 6.45. The second kappa shape index (κ2) is 8.71. The quantitative estimate of drug-likeness (QED) is 0.261. The van der Waals surface area contributed by atoms with Gasteiger partial charge in [-0.25, -0.2) is 4.98 Å². The number of aliphatic hydroxyl groups is 1. The van der Waals surface area contributed by atoms with Crippen LogP contribution in [0.1, 0.15) is 38.8 Å². The number of para-hydroxylation sites is 2. The van der Waals surface area contributed by atoms with Crippen LogP contribution in [-0.4, -0.2) is 33.4 Å². The molecule has 0 radical (unpaired) electrons. The van der Waals surface area contributed by atoms with Crippen molar-refractivity contribution in [1.82, 2.24) is 9.97 Å². The van der Waals surface area contributed by atoms with E-state index in [9.17, 15) is 20.0 Å². The Morgan fingerprint density at radius 3 is 2.69 bits per heavy atom. The Hall–Kier alpha value is -3.44. The number of carbonyl (C=O) groups excluding carboxylic acids is 2. The molecule has 3 aromatic rings. The number of ether oxygens (including phenoxy) is 1. The molecule has 0 unspecified atom stereocenters. The van der Waals surface area contributed by atoms with Gasteiger partial charge in [0.2, 0.25) is 0 Å². The molecule has 0 aliphatic carbocycles. The minimum atomic E-state index is -0.628. The number of aromatic nitrogens is 2. The van der Waals surface area contributed by atoms with Crippen LogP contribution in [0.15, 0.2) is 36.1 Å². The number of nitrogens with one attached hydrogen (secondary N) is 1. The highest BCUT2D eigenvalue weighted by atomic mass is 32.1. The van der Waals surface area contributed by atoms with Crippen molar-refractivity contribution in [2.45, 2.75) is 26.7 Å². The molecule has 1 aromatic carbocycles. The summed E-state index contributed by atoms with van der Waals surface area (Å²) in [5.74, 6) is -0.962. The number of Topliss-reactive ketones (excluding diaryl/α,β-unsaturated/α-hetero) is 1. The monoisotopic (exact) mass is 409 g/mol. The molecule has 3 rings (SSSR count). The van der Waals surface area contributed by atoms with Gasteiger partial charge in [-0.15, -0.1) is 11.3 Å². The molecule has 8 heteroatoms. The van der Waals surface area contributed by atoms with Gasteiger partial charge in [-0.3, -0.25) is 9.59 Å². The number of esters is 1. The minimum absolute atomic E-state index is 0.0228. The average Bonchev–Trinajstić information content (AvgIpc) is 3.27. The van der Waals surface area contributed by atoms with Gasteiger partial charge >= 0.3 is 5.97 Å². The molecule has 0 amide bonds. The molecule has 0 aliphatic rings. The van der Waals surface area contributed by atoms with Crippen LogP contribution >= 0.6 is 11.3 Å². The molecule has 148 valence electrons. The van der Waals surface area contributed by atoms with Gasteiger partial charge in [0.15, 0.2) is 17.4 Å². The lowest BCUT2D eigenvalue weighted by Crippen LogP contribution is -2.11. The largest absolute Gasteiger partial charge is 0.507 e. The summed E-state index contributed by atoms with van der Waals surface area (Å²) in [6.45, 7) is 3.32. The third kappa shape index (κ3) is 4.70. The number of rotatable bonds is 7. The first-order valence-electron chi connectivity index (χ1n) is 8.92. The van der Waals surface area contributed by atoms with Crippen LogP contribution in [0.25, 0.3) is 16.6 Å². The van der Waals surface area contributed by atoms with E-state index in [1.807, 2.05) is 38.1 Å². The number of aryl methyl sites for hydroxylation is 2. The number of aliphatic hydroxyl groups excluding tert-OH is 1. The summed E-state index contributed by atoms with van der Waals surface area (Å²) in [4.78, 5) is 33.3. The second-order valence-corrected chi connectivity index (χ2v) is 7.91. The van der Waals surface area contributed by atoms with Gasteiger partial charge < -0.3 is 14.8 Å². The van der Waals surface area contributed by atoms with E-state index in [2.05, 4.69) is 9.97 Å². The Bertz CT molecular complexity index is 1120. The smallest absolute Gasteiger partial charge is 0.306 e. The molecule has 0 atom stereocenters. The molecule has 0 saturated heterocycles. The Kier molecular flexibility index (Phi) is 6.10. The lowest BCUT2D eigenvalue weighted by atomic mass is 10.1. The van der Waals surface area contributed by atoms with E-state index in [0.717, 1.165) is 15.3 Å². The van der Waals surface area contributed by atoms with Gasteiger partial charge in [-0.05, 0) is 32.0 Å². The SMILES string of the molecule is Cc1cc(C(=O)CCC(=O)OC/C(O)=C(\C#N)c2nc3ccccc3[nH]2)c(C)s1. The normalized spacial score (nSPS) is 11.8. The van der Waals surface area contributed by atoms with Crippen molar-refractivity contribution in [2.24, 2.45) is 0 Å². The number of carbonyl (C=O) groups is 2. The molecular formula is C21H19N3O4S. The van der Waals surface area contributed by atoms with E-state index < -0.39 is 18.3 Å². The first kappa shape index (κ1) is 20.3. The Morgan fingerprint density at radius 2 is 2.03 bits per heavy atom. The number of H-pyrrole nitrogens is 1. The fourth-order valence-electron chi connectivity index (χ4n) is 2.88. The van der Waals surface area contributed by atoms with Crippen LogP contribution in [0.2, 0.25) is 0 Å². The predicted octanol–water partition coefficient (Wildman–Crippen LogP) is 4.24. The number of fused-ring (bicyclic) bond motifs is 1. The third-order valence-corrected chi connectivity index (χ3v) is 5.26. The average molecular weight is 409 g/mol. The number of hydrogen-bond acceptors (Lipinski definition) is 7. The van der Waals surface area contributed by atoms with Gasteiger partial charge in [0.05, 0.1) is 17.5 Å². The standard InChI is InChI=1S/C21H19N3O4S/c1-12-9-14(13(2)29-12)18(25)7-8-20(27)28-11-19(26)15(10-22)21-23-16-5-3-4-6-17(16)24-21/h3-6,9,26H,7-8,11H2,1-2H3,(H,23,24)/b19-15-. The Morgan fingerprint density at radius 1 is 1.28 bits per heavy atom. The highest BCUT2D eigenvalue weighted by Gasteiger charge is 2.17. The van der Waals surface area contributed by atoms with E-state index in [0.29, 0.717) is 11.1 Å². The van der Waals surface area contributed by atoms with Crippen LogP contribution in [0.3, 0.4) is 0 Å². The van der Waals surface area contributed by atoms with E-state index in [-0.39, 0.29) is 30.0 Å². The van der Waals surface area contributed by atoms with E-state index >= 15 is 0 Å². The number of imidazole rings is 1. The van der Waals surface area contributed by atoms with E-state index in [1.165, 1.54) is 11.3 Å². The number of nitriles is 1. The number of ketones is 1. The van der Waals surface area contributed by atoms with Crippen LogP contribution in [0.4, 0.5) is 0 Å². The number of thiophene rings is 1. The molecule has 0 aliphatic heterocycles. The number of benzene rings is 1. The van der Waals surface area contributed by atoms with Crippen LogP contribution in [0.5, 0.6) is 0 Å². The fourth-order valence-corrected chi connectivity index (χ4v) is 3.82. The van der Waals surface area contributed by atoms with Crippen molar-refractivity contribution < 1.29 is 19.4 Å². The summed E-state index contributed by atoms with van der Waals surface area (Å²) < 4.78 is 5.01. The van der Waals surface area contributed by atoms with Crippen molar-refractivity contribution in [3.63, 3.8) is 0 Å². The van der Waals surface area contributed by atoms with Crippen LogP contribution in [-0.2, 0) is 9.53 Å². The van der Waals surface area contributed by atoms with Crippen LogP contribution < -0.4 is 0 Å². The number of allylic oxidation sites excluding steroid dienone is 1. The first-order valence-corrected chi connectivity index (χ1v) is 9.74. The zero-order valence-corrected chi connectivity index (χ0v) is 16.8. The van der Waals surface area contributed by atoms with Gasteiger partial charge in [-0.2, -0.15) is 5.26 Å². The predicted molar refractivity (Wildman–Crippen MR) is 110 cm³/mol. The highest BCUT2D eigenvalue weighted by molar-refractivity contribution is 7.12. The number of nitrogens with zero attached hydrogens (tertiary/aromatic N) is 2. The summed E-state index contributed by atoms with van der Waals surface area (Å²) in [7, 11) is 0. The maximum absolute atomic E-state index is 12.2. The van der Waals surface area contributed by atoms with Gasteiger partial charge in [-0.1, -0.05) is 12.1 Å². The molecule has 0 bridgehead atoms. The van der Waals surface area contributed by atoms with Gasteiger partial charge in [0.1, 0.15) is 18.2 Å². The molecular weight excluding hydrogens is 390 g/mol. The molecule has 7 nitrogen and oxygen atoms in total. The molecule has 0 saturated carbocycles. The molecule has 2 heterocycles. The zero-order chi connectivity index (χ0) is 21.0. The van der Waals surface area contributed by atoms with Crippen molar-refractivity contribution in [1.29, 1.82) is 5.26 Å². The molecule has 29 heavy (non-hydrogen) atoms. The molecule has 0 fully saturated rings. The lowest BCUT2D eigenvalue weighted by Gasteiger charge is -2.05. The van der Waals surface area contributed by atoms with Gasteiger partial charge in [0.25, 0.3) is 0 Å². The van der Waals surface area contributed by atoms with Crippen molar-refractivity contribution in [3.05, 3.63) is 57.2 Å². The number of aromatic amines is 1. The maximum Gasteiger partial charge on any atom is 0.306 e. The van der Waals surface area contributed by atoms with E-state index in [4.69, 9.17) is 4.74 Å². The van der Waals surface area contributed by atoms with Crippen molar-refractivity contribution in [2.75, 3.05) is 6.61 Å². The highest BCUT2D eigenvalue weighted by Crippen LogP contribution is 2.22. The van der Waals surface area contributed by atoms with Crippen molar-refractivity contribution in [3.8, 4) is 6.07 Å². The summed E-state index contributed by atoms with van der Waals surface area (Å²) >= 11 is 1.54. The van der Waals surface area contributed by atoms with Crippen LogP contribution in [0, 0.1) is 25.2 Å². The topological polar surface area (TPSA) is 116 Å². The van der Waals surface area contributed by atoms with Gasteiger partial charge in [0, 0.05) is 21.7 Å². The third-order valence-electron chi connectivity index (χ3n) is 4.29. The summed E-state index contributed by atoms with van der Waals surface area (Å²) in [6, 6.07) is 10.9. The summed E-state index contributed by atoms with van der Waals surface area (Å²) in [5.41, 5.74) is 1.89. The summed E-state index contributed by atoms with van der Waals surface area (Å²) in [5, 5.41) is 19.5. The molecule has 2 aromatic heterocycles. The number of hydrogen-bond donors (Lipinski definition) is 2.